The molecule has 56 valence electrons. The average Bonchev–Trinajstić information content (AvgIpc) is 1.86. The summed E-state index contributed by atoms with van der Waals surface area (Å²) in [5, 5.41) is 0.192. The molecule has 0 aromatic heterocycles. The van der Waals surface area contributed by atoms with E-state index in [1.165, 1.54) is 11.4 Å². The molecule has 0 aromatic carbocycles. The van der Waals surface area contributed by atoms with E-state index in [0.29, 0.717) is 0 Å². The van der Waals surface area contributed by atoms with Crippen LogP contribution in [-0.2, 0) is 4.57 Å². The molecule has 1 nitrogen and oxygen atoms in total. The van der Waals surface area contributed by atoms with Crippen LogP contribution in [-0.4, -0.2) is 17.7 Å². The summed E-state index contributed by atoms with van der Waals surface area (Å²) in [6.45, 7) is 1.80. The summed E-state index contributed by atoms with van der Waals surface area (Å²) in [7, 11) is 0. The Balaban J connectivity index is 2.58. The molecule has 0 N–H and O–H groups in total. The molecule has 0 spiro atoms. The number of rotatable bonds is 0. The van der Waals surface area contributed by atoms with Crippen LogP contribution in [0, 0.1) is 12.3 Å². The Morgan fingerprint density at radius 2 is 2.50 bits per heavy atom. The summed E-state index contributed by atoms with van der Waals surface area (Å²) in [5.74, 6) is 3.59. The molecular formula is C6H9OPS2. The van der Waals surface area contributed by atoms with Crippen LogP contribution < -0.4 is 0 Å². The van der Waals surface area contributed by atoms with E-state index in [9.17, 15) is 4.57 Å². The highest BCUT2D eigenvalue weighted by molar-refractivity contribution is 8.90. The normalized spacial score (nSPS) is 40.6. The molecular weight excluding hydrogens is 183 g/mol. The van der Waals surface area contributed by atoms with Gasteiger partial charge in [0.2, 0.25) is 0 Å². The first-order valence-corrected chi connectivity index (χ1v) is 8.23. The second-order valence-corrected chi connectivity index (χ2v) is 11.4. The molecule has 0 bridgehead atoms. The van der Waals surface area contributed by atoms with Gasteiger partial charge in [-0.1, -0.05) is 28.7 Å². The van der Waals surface area contributed by atoms with Crippen LogP contribution >= 0.6 is 28.3 Å². The van der Waals surface area contributed by atoms with Gasteiger partial charge in [-0.3, -0.25) is 0 Å². The molecule has 1 heterocycles. The van der Waals surface area contributed by atoms with Crippen molar-refractivity contribution in [2.24, 2.45) is 0 Å². The number of hydrogen-bond donors (Lipinski definition) is 0. The van der Waals surface area contributed by atoms with Crippen molar-refractivity contribution in [1.82, 2.24) is 0 Å². The second kappa shape index (κ2) is 3.26. The molecule has 1 saturated heterocycles. The van der Waals surface area contributed by atoms with Crippen molar-refractivity contribution >= 4 is 28.3 Å². The molecule has 2 atom stereocenters. The Hall–Kier alpha value is 0.490. The molecule has 0 saturated carbocycles. The van der Waals surface area contributed by atoms with E-state index in [4.69, 9.17) is 6.42 Å². The van der Waals surface area contributed by atoms with Gasteiger partial charge in [0.15, 0.2) is 5.55 Å². The van der Waals surface area contributed by atoms with Gasteiger partial charge in [0.1, 0.15) is 0 Å². The minimum atomic E-state index is -1.97. The lowest BCUT2D eigenvalue weighted by molar-refractivity contribution is 0.596. The van der Waals surface area contributed by atoms with E-state index in [2.05, 4.69) is 5.92 Å². The van der Waals surface area contributed by atoms with E-state index in [0.717, 1.165) is 12.2 Å². The Bertz CT molecular complexity index is 208. The lowest BCUT2D eigenvalue weighted by Gasteiger charge is -2.21. The van der Waals surface area contributed by atoms with Crippen molar-refractivity contribution < 1.29 is 4.57 Å². The van der Waals surface area contributed by atoms with E-state index < -0.39 is 5.55 Å². The van der Waals surface area contributed by atoms with Crippen molar-refractivity contribution in [3.63, 3.8) is 0 Å². The molecule has 0 amide bonds. The maximum Gasteiger partial charge on any atom is 0.189 e. The lowest BCUT2D eigenvalue weighted by Crippen LogP contribution is -2.03. The molecule has 0 aromatic rings. The Kier molecular flexibility index (Phi) is 2.80. The highest BCUT2D eigenvalue weighted by atomic mass is 33.1. The molecule has 10 heavy (non-hydrogen) atoms. The lowest BCUT2D eigenvalue weighted by atomic mass is 10.3. The van der Waals surface area contributed by atoms with Gasteiger partial charge in [-0.05, 0) is 6.42 Å². The second-order valence-electron chi connectivity index (χ2n) is 2.15. The fourth-order valence-electron chi connectivity index (χ4n) is 0.754. The molecule has 2 unspecified atom stereocenters. The van der Waals surface area contributed by atoms with Crippen LogP contribution in [0.25, 0.3) is 0 Å². The standard InChI is InChI=1S/C6H9OPS2/c1-3-6-4-5-9-8(2,7)10-6/h1,6H,4-5H2,2H3. The zero-order chi connectivity index (χ0) is 7.61. The summed E-state index contributed by atoms with van der Waals surface area (Å²) in [5.41, 5.74) is -1.97. The number of terminal acetylenes is 1. The summed E-state index contributed by atoms with van der Waals surface area (Å²) >= 11 is 3.03. The van der Waals surface area contributed by atoms with Crippen molar-refractivity contribution in [1.29, 1.82) is 0 Å². The Morgan fingerprint density at radius 3 is 2.90 bits per heavy atom. The topological polar surface area (TPSA) is 17.1 Å². The molecule has 1 aliphatic rings. The monoisotopic (exact) mass is 192 g/mol. The quantitative estimate of drug-likeness (QED) is 0.434. The van der Waals surface area contributed by atoms with Crippen LogP contribution in [0.3, 0.4) is 0 Å². The van der Waals surface area contributed by atoms with Crippen molar-refractivity contribution in [2.75, 3.05) is 12.4 Å². The smallest absolute Gasteiger partial charge is 0.189 e. The van der Waals surface area contributed by atoms with Crippen LogP contribution in [0.15, 0.2) is 0 Å². The van der Waals surface area contributed by atoms with Crippen molar-refractivity contribution in [3.05, 3.63) is 0 Å². The largest absolute Gasteiger partial charge is 0.301 e. The number of hydrogen-bond acceptors (Lipinski definition) is 3. The van der Waals surface area contributed by atoms with Gasteiger partial charge in [-0.25, -0.2) is 0 Å². The van der Waals surface area contributed by atoms with Crippen molar-refractivity contribution in [2.45, 2.75) is 11.7 Å². The zero-order valence-corrected chi connectivity index (χ0v) is 8.27. The Labute approximate surface area is 69.6 Å². The predicted molar refractivity (Wildman–Crippen MR) is 50.8 cm³/mol. The predicted octanol–water partition coefficient (Wildman–Crippen LogP) is 2.68. The third-order valence-corrected chi connectivity index (χ3v) is 8.70. The summed E-state index contributed by atoms with van der Waals surface area (Å²) in [4.78, 5) is 0. The van der Waals surface area contributed by atoms with Crippen LogP contribution in [0.4, 0.5) is 0 Å². The van der Waals surface area contributed by atoms with E-state index in [1.54, 1.807) is 18.0 Å². The maximum absolute atomic E-state index is 11.4. The van der Waals surface area contributed by atoms with E-state index >= 15 is 0 Å². The first kappa shape index (κ1) is 8.59. The Morgan fingerprint density at radius 1 is 1.80 bits per heavy atom. The van der Waals surface area contributed by atoms with Gasteiger partial charge in [-0.15, -0.1) is 6.42 Å². The zero-order valence-electron chi connectivity index (χ0n) is 5.74. The molecule has 1 rings (SSSR count). The fourth-order valence-corrected chi connectivity index (χ4v) is 7.92. The van der Waals surface area contributed by atoms with Crippen LogP contribution in [0.2, 0.25) is 0 Å². The first-order chi connectivity index (χ1) is 4.64. The minimum absolute atomic E-state index is 0.192. The summed E-state index contributed by atoms with van der Waals surface area (Å²) < 4.78 is 11.4. The highest BCUT2D eigenvalue weighted by Crippen LogP contribution is 2.70. The van der Waals surface area contributed by atoms with Crippen molar-refractivity contribution in [3.8, 4) is 12.3 Å². The SMILES string of the molecule is C#CC1CCSP(C)(=O)S1. The van der Waals surface area contributed by atoms with Gasteiger partial charge >= 0.3 is 0 Å². The van der Waals surface area contributed by atoms with Gasteiger partial charge in [0, 0.05) is 12.4 Å². The third kappa shape index (κ3) is 2.27. The van der Waals surface area contributed by atoms with Gasteiger partial charge < -0.3 is 4.57 Å². The first-order valence-electron chi connectivity index (χ1n) is 3.00. The fraction of sp³-hybridized carbons (Fsp3) is 0.667. The highest BCUT2D eigenvalue weighted by Gasteiger charge is 2.26. The van der Waals surface area contributed by atoms with E-state index in [-0.39, 0.29) is 5.25 Å². The maximum atomic E-state index is 11.4. The summed E-state index contributed by atoms with van der Waals surface area (Å²) in [6.07, 6.45) is 6.23. The molecule has 1 fully saturated rings. The van der Waals surface area contributed by atoms with Crippen LogP contribution in [0.5, 0.6) is 0 Å². The van der Waals surface area contributed by atoms with Crippen LogP contribution in [0.1, 0.15) is 6.42 Å². The van der Waals surface area contributed by atoms with Gasteiger partial charge in [0.25, 0.3) is 0 Å². The third-order valence-electron chi connectivity index (χ3n) is 1.21. The van der Waals surface area contributed by atoms with Gasteiger partial charge in [-0.2, -0.15) is 0 Å². The molecule has 0 radical (unpaired) electrons. The van der Waals surface area contributed by atoms with Gasteiger partial charge in [0.05, 0.1) is 5.25 Å². The molecule has 1 aliphatic heterocycles. The minimum Gasteiger partial charge on any atom is -0.301 e. The summed E-state index contributed by atoms with van der Waals surface area (Å²) in [6, 6.07) is 0. The van der Waals surface area contributed by atoms with E-state index in [1.807, 2.05) is 0 Å². The molecule has 0 aliphatic carbocycles. The molecule has 4 heteroatoms. The average molecular weight is 192 g/mol.